The Labute approximate surface area is 54.1 Å². The lowest BCUT2D eigenvalue weighted by Crippen LogP contribution is -1.96. The highest BCUT2D eigenvalue weighted by Gasteiger charge is 2.10. The van der Waals surface area contributed by atoms with Crippen LogP contribution in [-0.4, -0.2) is 0 Å². The summed E-state index contributed by atoms with van der Waals surface area (Å²) in [6.45, 7) is 9.46. The van der Waals surface area contributed by atoms with E-state index in [1.165, 1.54) is 0 Å². The normalized spacial score (nSPS) is 8.75. The summed E-state index contributed by atoms with van der Waals surface area (Å²) in [5, 5.41) is 6.09. The zero-order valence-corrected chi connectivity index (χ0v) is 5.92. The van der Waals surface area contributed by atoms with Crippen molar-refractivity contribution in [3.8, 4) is 0 Å². The largest absolute Gasteiger partial charge is 0.348 e. The number of rotatable bonds is 3. The fraction of sp³-hybridized carbons (Fsp3) is 0.333. The van der Waals surface area contributed by atoms with Gasteiger partial charge in [-0.15, -0.1) is 0 Å². The maximum absolute atomic E-state index is 5.20. The van der Waals surface area contributed by atoms with Gasteiger partial charge in [0.1, 0.15) is 11.0 Å². The van der Waals surface area contributed by atoms with Crippen molar-refractivity contribution in [2.75, 3.05) is 0 Å². The second-order valence-electron chi connectivity index (χ2n) is 1.50. The highest BCUT2D eigenvalue weighted by atomic mass is 35.5. The molecule has 0 rings (SSSR count). The van der Waals surface area contributed by atoms with E-state index >= 15 is 0 Å². The summed E-state index contributed by atoms with van der Waals surface area (Å²) >= 11 is 0. The Morgan fingerprint density at radius 2 is 2.12 bits per heavy atom. The lowest BCUT2D eigenvalue weighted by Gasteiger charge is -1.84. The molecule has 0 saturated carbocycles. The van der Waals surface area contributed by atoms with Crippen molar-refractivity contribution in [3.63, 3.8) is 0 Å². The van der Waals surface area contributed by atoms with Crippen LogP contribution >= 0.6 is 0 Å². The number of hydrogen-bond donors (Lipinski definition) is 1. The molecule has 0 aromatic rings. The third-order valence-corrected chi connectivity index (χ3v) is 1.54. The first-order valence-electron chi connectivity index (χ1n) is 2.46. The van der Waals surface area contributed by atoms with Gasteiger partial charge in [-0.3, -0.25) is 0 Å². The van der Waals surface area contributed by atoms with Gasteiger partial charge in [0.05, 0.1) is 5.57 Å². The molecule has 0 aromatic carbocycles. The predicted octanol–water partition coefficient (Wildman–Crippen LogP) is 1.16. The van der Waals surface area contributed by atoms with E-state index in [9.17, 15) is 0 Å². The molecule has 2 N–H and O–H groups in total. The minimum Gasteiger partial charge on any atom is -0.0847 e. The maximum atomic E-state index is 5.20. The SMILES string of the molecule is C=C(CC)C(=C)[ClH+2]N. The van der Waals surface area contributed by atoms with E-state index in [0.717, 1.165) is 28.0 Å². The Hall–Kier alpha value is -0.270. The highest BCUT2D eigenvalue weighted by molar-refractivity contribution is 5.15. The molecule has 0 amide bonds. The molecule has 8 heavy (non-hydrogen) atoms. The molecular weight excluding hydrogens is 122 g/mol. The minimum atomic E-state index is 0.882. The third-order valence-electron chi connectivity index (χ3n) is 0.963. The van der Waals surface area contributed by atoms with Gasteiger partial charge in [0.2, 0.25) is 0 Å². The Balaban J connectivity index is 3.64. The van der Waals surface area contributed by atoms with Gasteiger partial charge < -0.3 is 0 Å². The minimum absolute atomic E-state index is 0.882. The van der Waals surface area contributed by atoms with Crippen LogP contribution in [0.5, 0.6) is 0 Å². The van der Waals surface area contributed by atoms with Crippen LogP contribution in [0.3, 0.4) is 0 Å². The van der Waals surface area contributed by atoms with Crippen molar-refractivity contribution in [2.45, 2.75) is 13.3 Å². The monoisotopic (exact) mass is 133 g/mol. The Morgan fingerprint density at radius 1 is 1.62 bits per heavy atom. The number of nitrogens with two attached hydrogens (primary N) is 1. The Bertz CT molecular complexity index is 93.1. The molecule has 0 aliphatic rings. The maximum Gasteiger partial charge on any atom is 0.348 e. The lowest BCUT2D eigenvalue weighted by atomic mass is 10.2. The molecule has 0 aliphatic carbocycles. The first-order valence-corrected chi connectivity index (χ1v) is 3.34. The van der Waals surface area contributed by atoms with Crippen molar-refractivity contribution in [3.05, 3.63) is 23.8 Å². The molecule has 0 bridgehead atoms. The fourth-order valence-corrected chi connectivity index (χ4v) is 0.592. The summed E-state index contributed by atoms with van der Waals surface area (Å²) in [5.74, 6) is 0. The van der Waals surface area contributed by atoms with E-state index < -0.39 is 0 Å². The molecule has 0 spiro atoms. The van der Waals surface area contributed by atoms with Gasteiger partial charge in [-0.25, -0.2) is 0 Å². The standard InChI is InChI=1S/C6H12ClN/c1-4-5(2)6(3)7-8/h7H,2-4,8H2,1H3/q+2. The van der Waals surface area contributed by atoms with E-state index in [4.69, 9.17) is 5.25 Å². The summed E-state index contributed by atoms with van der Waals surface area (Å²) in [5.41, 5.74) is 1.03. The molecule has 0 aromatic heterocycles. The highest BCUT2D eigenvalue weighted by Crippen LogP contribution is 2.07. The lowest BCUT2D eigenvalue weighted by molar-refractivity contribution is -0.615. The van der Waals surface area contributed by atoms with Crippen LogP contribution in [0.4, 0.5) is 0 Å². The zero-order chi connectivity index (χ0) is 6.57. The van der Waals surface area contributed by atoms with Gasteiger partial charge in [-0.1, -0.05) is 13.5 Å². The van der Waals surface area contributed by atoms with Crippen molar-refractivity contribution >= 4 is 0 Å². The van der Waals surface area contributed by atoms with Crippen molar-refractivity contribution in [1.29, 1.82) is 0 Å². The fourth-order valence-electron chi connectivity index (χ4n) is 0.281. The van der Waals surface area contributed by atoms with E-state index in [0.29, 0.717) is 0 Å². The number of hydrogen-bond acceptors (Lipinski definition) is 1. The van der Waals surface area contributed by atoms with E-state index in [-0.39, 0.29) is 0 Å². The van der Waals surface area contributed by atoms with E-state index in [1.54, 1.807) is 0 Å². The van der Waals surface area contributed by atoms with Crippen molar-refractivity contribution in [2.24, 2.45) is 5.25 Å². The second kappa shape index (κ2) is 3.70. The molecule has 1 nitrogen and oxygen atoms in total. The predicted molar refractivity (Wildman–Crippen MR) is 34.2 cm³/mol. The van der Waals surface area contributed by atoms with Crippen LogP contribution in [0.15, 0.2) is 23.8 Å². The molecule has 0 atom stereocenters. The number of allylic oxidation sites excluding steroid dienone is 2. The van der Waals surface area contributed by atoms with Crippen molar-refractivity contribution in [1.82, 2.24) is 0 Å². The van der Waals surface area contributed by atoms with Gasteiger partial charge >= 0.3 is 5.03 Å². The van der Waals surface area contributed by atoms with Crippen molar-refractivity contribution < 1.29 is 11.0 Å². The summed E-state index contributed by atoms with van der Waals surface area (Å²) in [6, 6.07) is 0. The first kappa shape index (κ1) is 7.73. The van der Waals surface area contributed by atoms with Gasteiger partial charge in [0.25, 0.3) is 0 Å². The van der Waals surface area contributed by atoms with Gasteiger partial charge in [-0.2, -0.15) is 0 Å². The summed E-state index contributed by atoms with van der Waals surface area (Å²) in [6.07, 6.45) is 0.934. The molecule has 0 unspecified atom stereocenters. The molecule has 0 aliphatic heterocycles. The molecule has 2 heteroatoms. The number of halogens is 1. The molecule has 0 radical (unpaired) electrons. The molecule has 0 fully saturated rings. The van der Waals surface area contributed by atoms with Crippen LogP contribution in [0.1, 0.15) is 13.3 Å². The summed E-state index contributed by atoms with van der Waals surface area (Å²) in [4.78, 5) is 0. The zero-order valence-electron chi connectivity index (χ0n) is 5.11. The first-order chi connectivity index (χ1) is 3.72. The van der Waals surface area contributed by atoms with Crippen LogP contribution in [0, 0.1) is 11.0 Å². The average Bonchev–Trinajstić information content (AvgIpc) is 1.84. The third kappa shape index (κ3) is 2.15. The van der Waals surface area contributed by atoms with Crippen LogP contribution in [-0.2, 0) is 0 Å². The van der Waals surface area contributed by atoms with Crippen LogP contribution in [0.2, 0.25) is 0 Å². The summed E-state index contributed by atoms with van der Waals surface area (Å²) < 4.78 is 0. The molecule has 46 valence electrons. The Morgan fingerprint density at radius 3 is 2.25 bits per heavy atom. The Kier molecular flexibility index (Phi) is 3.57. The van der Waals surface area contributed by atoms with Gasteiger partial charge in [-0.05, 0) is 11.7 Å². The van der Waals surface area contributed by atoms with Crippen LogP contribution < -0.4 is 5.25 Å². The molecular formula is C6H12ClN+2. The van der Waals surface area contributed by atoms with Crippen LogP contribution in [0.25, 0.3) is 0 Å². The van der Waals surface area contributed by atoms with Gasteiger partial charge in [0.15, 0.2) is 0 Å². The van der Waals surface area contributed by atoms with E-state index in [2.05, 4.69) is 13.2 Å². The topological polar surface area (TPSA) is 26.0 Å². The van der Waals surface area contributed by atoms with E-state index in [1.807, 2.05) is 6.92 Å². The molecule has 0 heterocycles. The second-order valence-corrected chi connectivity index (χ2v) is 2.23. The van der Waals surface area contributed by atoms with Gasteiger partial charge in [0, 0.05) is 6.58 Å². The molecule has 0 saturated heterocycles. The average molecular weight is 134 g/mol. The smallest absolute Gasteiger partial charge is 0.0847 e. The quantitative estimate of drug-likeness (QED) is 0.454. The summed E-state index contributed by atoms with van der Waals surface area (Å²) in [7, 11) is 1.16.